The Morgan fingerprint density at radius 2 is 2.43 bits per heavy atom. The van der Waals surface area contributed by atoms with Crippen molar-refractivity contribution in [3.05, 3.63) is 20.8 Å². The van der Waals surface area contributed by atoms with Crippen LogP contribution in [0.3, 0.4) is 0 Å². The number of rotatable bonds is 6. The van der Waals surface area contributed by atoms with Crippen molar-refractivity contribution in [2.45, 2.75) is 13.5 Å². The van der Waals surface area contributed by atoms with E-state index in [1.807, 2.05) is 11.8 Å². The van der Waals surface area contributed by atoms with Gasteiger partial charge in [0.1, 0.15) is 0 Å². The molecule has 1 atom stereocenters. The lowest BCUT2D eigenvalue weighted by Crippen LogP contribution is -2.21. The molecule has 0 aromatic carbocycles. The maximum Gasteiger partial charge on any atom is 0.0327 e. The second kappa shape index (κ2) is 6.88. The third-order valence-corrected chi connectivity index (χ3v) is 4.75. The number of nitrogens with one attached hydrogen (secondary N) is 1. The molecule has 0 aliphatic carbocycles. The molecule has 1 aromatic heterocycles. The molecule has 1 nitrogen and oxygen atoms in total. The van der Waals surface area contributed by atoms with Crippen molar-refractivity contribution < 1.29 is 0 Å². The van der Waals surface area contributed by atoms with E-state index >= 15 is 0 Å². The highest BCUT2D eigenvalue weighted by Gasteiger charge is 2.03. The molecule has 1 aromatic rings. The lowest BCUT2D eigenvalue weighted by atomic mass is 10.2. The third-order valence-electron chi connectivity index (χ3n) is 1.92. The van der Waals surface area contributed by atoms with E-state index in [1.165, 1.54) is 15.1 Å². The highest BCUT2D eigenvalue weighted by Crippen LogP contribution is 2.22. The molecular weight excluding hydrogens is 278 g/mol. The van der Waals surface area contributed by atoms with Crippen LogP contribution in [-0.2, 0) is 6.54 Å². The summed E-state index contributed by atoms with van der Waals surface area (Å²) in [5.41, 5.74) is 0. The van der Waals surface area contributed by atoms with Gasteiger partial charge in [0.15, 0.2) is 0 Å². The maximum absolute atomic E-state index is 3.53. The highest BCUT2D eigenvalue weighted by molar-refractivity contribution is 9.10. The second-order valence-corrected chi connectivity index (χ2v) is 6.15. The predicted octanol–water partition coefficient (Wildman–Crippen LogP) is 3.60. The molecule has 1 N–H and O–H groups in total. The van der Waals surface area contributed by atoms with Crippen LogP contribution in [0.4, 0.5) is 0 Å². The summed E-state index contributed by atoms with van der Waals surface area (Å²) in [6.45, 7) is 4.37. The van der Waals surface area contributed by atoms with Gasteiger partial charge in [-0.25, -0.2) is 0 Å². The molecule has 0 saturated carbocycles. The van der Waals surface area contributed by atoms with Crippen molar-refractivity contribution in [3.8, 4) is 0 Å². The number of thiophene rings is 1. The van der Waals surface area contributed by atoms with Crippen LogP contribution < -0.4 is 5.32 Å². The molecule has 0 amide bonds. The van der Waals surface area contributed by atoms with E-state index in [4.69, 9.17) is 0 Å². The summed E-state index contributed by atoms with van der Waals surface area (Å²) in [4.78, 5) is 1.39. The monoisotopic (exact) mass is 293 g/mol. The van der Waals surface area contributed by atoms with Gasteiger partial charge in [-0.2, -0.15) is 11.8 Å². The fourth-order valence-electron chi connectivity index (χ4n) is 1.23. The Hall–Kier alpha value is 0.490. The molecule has 0 spiro atoms. The molecule has 1 unspecified atom stereocenters. The van der Waals surface area contributed by atoms with Crippen molar-refractivity contribution in [1.82, 2.24) is 5.32 Å². The Labute approximate surface area is 103 Å². The standard InChI is InChI=1S/C10H16BrNS2/c1-8(7-13-2)5-12-6-10-9(11)3-4-14-10/h3-4,8,12H,5-7H2,1-2H3. The molecule has 0 saturated heterocycles. The molecule has 0 aliphatic heterocycles. The average molecular weight is 294 g/mol. The van der Waals surface area contributed by atoms with Crippen LogP contribution >= 0.6 is 39.0 Å². The van der Waals surface area contributed by atoms with Crippen molar-refractivity contribution >= 4 is 39.0 Å². The second-order valence-electron chi connectivity index (χ2n) is 3.38. The zero-order valence-electron chi connectivity index (χ0n) is 8.55. The molecule has 4 heteroatoms. The van der Waals surface area contributed by atoms with Crippen molar-refractivity contribution in [3.63, 3.8) is 0 Å². The first-order valence-corrected chi connectivity index (χ1v) is 7.72. The highest BCUT2D eigenvalue weighted by atomic mass is 79.9. The Morgan fingerprint density at radius 1 is 1.64 bits per heavy atom. The van der Waals surface area contributed by atoms with Gasteiger partial charge < -0.3 is 5.32 Å². The first-order valence-electron chi connectivity index (χ1n) is 4.65. The minimum Gasteiger partial charge on any atom is -0.312 e. The number of hydrogen-bond acceptors (Lipinski definition) is 3. The van der Waals surface area contributed by atoms with Crippen molar-refractivity contribution in [2.24, 2.45) is 5.92 Å². The minimum absolute atomic E-state index is 0.753. The smallest absolute Gasteiger partial charge is 0.0327 e. The summed E-state index contributed by atoms with van der Waals surface area (Å²) in [6.07, 6.45) is 2.16. The first-order chi connectivity index (χ1) is 6.74. The molecule has 0 aliphatic rings. The summed E-state index contributed by atoms with van der Waals surface area (Å²) in [5.74, 6) is 1.99. The van der Waals surface area contributed by atoms with Gasteiger partial charge in [-0.1, -0.05) is 6.92 Å². The normalized spacial score (nSPS) is 13.1. The third kappa shape index (κ3) is 4.34. The quantitative estimate of drug-likeness (QED) is 0.860. The van der Waals surface area contributed by atoms with Crippen LogP contribution in [-0.4, -0.2) is 18.6 Å². The Morgan fingerprint density at radius 3 is 3.00 bits per heavy atom. The largest absolute Gasteiger partial charge is 0.312 e. The predicted molar refractivity (Wildman–Crippen MR) is 71.3 cm³/mol. The summed E-state index contributed by atoms with van der Waals surface area (Å²) in [5, 5.41) is 5.60. The van der Waals surface area contributed by atoms with Gasteiger partial charge in [0, 0.05) is 15.9 Å². The van der Waals surface area contributed by atoms with E-state index in [0.29, 0.717) is 0 Å². The summed E-state index contributed by atoms with van der Waals surface area (Å²) in [7, 11) is 0. The lowest BCUT2D eigenvalue weighted by molar-refractivity contribution is 0.561. The van der Waals surface area contributed by atoms with Crippen molar-refractivity contribution in [1.29, 1.82) is 0 Å². The zero-order chi connectivity index (χ0) is 10.4. The van der Waals surface area contributed by atoms with Crippen LogP contribution in [0, 0.1) is 5.92 Å². The number of hydrogen-bond donors (Lipinski definition) is 1. The average Bonchev–Trinajstić information content (AvgIpc) is 2.52. The molecular formula is C10H16BrNS2. The summed E-state index contributed by atoms with van der Waals surface area (Å²) >= 11 is 7.24. The SMILES string of the molecule is CSCC(C)CNCc1sccc1Br. The van der Waals surface area contributed by atoms with E-state index in [1.54, 1.807) is 11.3 Å². The minimum atomic E-state index is 0.753. The van der Waals surface area contributed by atoms with Gasteiger partial charge in [0.25, 0.3) is 0 Å². The summed E-state index contributed by atoms with van der Waals surface area (Å²) < 4.78 is 1.23. The van der Waals surface area contributed by atoms with Crippen LogP contribution in [0.25, 0.3) is 0 Å². The van der Waals surface area contributed by atoms with E-state index in [9.17, 15) is 0 Å². The molecule has 0 radical (unpaired) electrons. The number of thioether (sulfide) groups is 1. The van der Waals surface area contributed by atoms with E-state index in [-0.39, 0.29) is 0 Å². The first kappa shape index (κ1) is 12.6. The zero-order valence-corrected chi connectivity index (χ0v) is 11.8. The lowest BCUT2D eigenvalue weighted by Gasteiger charge is -2.10. The van der Waals surface area contributed by atoms with Crippen LogP contribution in [0.2, 0.25) is 0 Å². The molecule has 0 bridgehead atoms. The fraction of sp³-hybridized carbons (Fsp3) is 0.600. The Balaban J connectivity index is 2.19. The van der Waals surface area contributed by atoms with Gasteiger partial charge in [-0.05, 0) is 51.8 Å². The van der Waals surface area contributed by atoms with Gasteiger partial charge >= 0.3 is 0 Å². The van der Waals surface area contributed by atoms with E-state index < -0.39 is 0 Å². The van der Waals surface area contributed by atoms with Gasteiger partial charge in [-0.15, -0.1) is 11.3 Å². The molecule has 1 rings (SSSR count). The molecule has 80 valence electrons. The van der Waals surface area contributed by atoms with Gasteiger partial charge in [0.05, 0.1) is 0 Å². The van der Waals surface area contributed by atoms with Gasteiger partial charge in [0.2, 0.25) is 0 Å². The Bertz CT molecular complexity index is 262. The van der Waals surface area contributed by atoms with Crippen LogP contribution in [0.5, 0.6) is 0 Å². The maximum atomic E-state index is 3.53. The van der Waals surface area contributed by atoms with Crippen LogP contribution in [0.1, 0.15) is 11.8 Å². The molecule has 14 heavy (non-hydrogen) atoms. The van der Waals surface area contributed by atoms with Crippen molar-refractivity contribution in [2.75, 3.05) is 18.6 Å². The Kier molecular flexibility index (Phi) is 6.17. The molecule has 1 heterocycles. The topological polar surface area (TPSA) is 12.0 Å². The van der Waals surface area contributed by atoms with Crippen LogP contribution in [0.15, 0.2) is 15.9 Å². The van der Waals surface area contributed by atoms with Gasteiger partial charge in [-0.3, -0.25) is 0 Å². The molecule has 0 fully saturated rings. The van der Waals surface area contributed by atoms with E-state index in [0.717, 1.165) is 19.0 Å². The summed E-state index contributed by atoms with van der Waals surface area (Å²) in [6, 6.07) is 2.10. The number of halogens is 1. The van der Waals surface area contributed by atoms with E-state index in [2.05, 4.69) is 45.9 Å². The fourth-order valence-corrected chi connectivity index (χ4v) is 3.38.